The Hall–Kier alpha value is -2.55. The summed E-state index contributed by atoms with van der Waals surface area (Å²) in [6.45, 7) is -0.206. The molecule has 2 aromatic heterocycles. The van der Waals surface area contributed by atoms with E-state index in [9.17, 15) is 8.78 Å². The van der Waals surface area contributed by atoms with Crippen molar-refractivity contribution in [3.63, 3.8) is 0 Å². The van der Waals surface area contributed by atoms with Crippen molar-refractivity contribution in [2.75, 3.05) is 7.11 Å². The Morgan fingerprint density at radius 1 is 1.23 bits per heavy atom. The van der Waals surface area contributed by atoms with Crippen LogP contribution >= 0.6 is 11.8 Å². The normalized spacial score (nSPS) is 11.1. The minimum Gasteiger partial charge on any atom is -0.493 e. The fourth-order valence-electron chi connectivity index (χ4n) is 2.41. The van der Waals surface area contributed by atoms with Gasteiger partial charge in [-0.25, -0.2) is 0 Å². The minimum atomic E-state index is -2.90. The van der Waals surface area contributed by atoms with Crippen molar-refractivity contribution in [1.29, 1.82) is 0 Å². The topological polar surface area (TPSA) is 62.3 Å². The van der Waals surface area contributed by atoms with Crippen molar-refractivity contribution < 1.29 is 22.7 Å². The molecule has 0 N–H and O–H groups in total. The number of rotatable bonds is 8. The largest absolute Gasteiger partial charge is 0.493 e. The zero-order valence-electron chi connectivity index (χ0n) is 14.2. The number of nitrogens with zero attached hydrogens (tertiary/aromatic N) is 3. The second-order valence-electron chi connectivity index (χ2n) is 5.18. The van der Waals surface area contributed by atoms with Crippen molar-refractivity contribution in [3.05, 3.63) is 42.2 Å². The molecular formula is C17H17F2N3O3S. The summed E-state index contributed by atoms with van der Waals surface area (Å²) < 4.78 is 41.7. The summed E-state index contributed by atoms with van der Waals surface area (Å²) in [5.74, 6) is 2.16. The van der Waals surface area contributed by atoms with E-state index in [-0.39, 0.29) is 11.5 Å². The number of halogens is 2. The number of alkyl halides is 2. The molecule has 2 heterocycles. The van der Waals surface area contributed by atoms with Gasteiger partial charge in [0.05, 0.1) is 13.4 Å². The predicted molar refractivity (Wildman–Crippen MR) is 92.6 cm³/mol. The third-order valence-corrected chi connectivity index (χ3v) is 4.62. The highest BCUT2D eigenvalue weighted by Crippen LogP contribution is 2.32. The molecule has 3 rings (SSSR count). The van der Waals surface area contributed by atoms with Gasteiger partial charge in [0.25, 0.3) is 0 Å². The maximum Gasteiger partial charge on any atom is 0.387 e. The Balaban J connectivity index is 1.75. The molecule has 0 saturated carbocycles. The van der Waals surface area contributed by atoms with Gasteiger partial charge in [-0.1, -0.05) is 17.8 Å². The number of aromatic nitrogens is 3. The van der Waals surface area contributed by atoms with Crippen LogP contribution in [0.3, 0.4) is 0 Å². The molecule has 0 atom stereocenters. The van der Waals surface area contributed by atoms with E-state index >= 15 is 0 Å². The molecule has 0 radical (unpaired) electrons. The number of ether oxygens (including phenoxy) is 2. The molecule has 9 heteroatoms. The Labute approximate surface area is 153 Å². The number of methoxy groups -OCH3 is 1. The smallest absolute Gasteiger partial charge is 0.387 e. The molecule has 0 aliphatic carbocycles. The molecule has 0 aliphatic rings. The first-order valence-corrected chi connectivity index (χ1v) is 8.82. The van der Waals surface area contributed by atoms with Gasteiger partial charge >= 0.3 is 6.61 Å². The van der Waals surface area contributed by atoms with Gasteiger partial charge in [0.15, 0.2) is 28.2 Å². The zero-order chi connectivity index (χ0) is 18.5. The van der Waals surface area contributed by atoms with Gasteiger partial charge in [-0.2, -0.15) is 8.78 Å². The van der Waals surface area contributed by atoms with Gasteiger partial charge < -0.3 is 13.9 Å². The predicted octanol–water partition coefficient (Wildman–Crippen LogP) is 4.46. The number of thioether (sulfide) groups is 1. The van der Waals surface area contributed by atoms with E-state index < -0.39 is 6.61 Å². The summed E-state index contributed by atoms with van der Waals surface area (Å²) in [6, 6.07) is 8.49. The fraction of sp³-hybridized carbons (Fsp3) is 0.294. The number of hydrogen-bond acceptors (Lipinski definition) is 6. The molecule has 0 bridgehead atoms. The molecule has 26 heavy (non-hydrogen) atoms. The van der Waals surface area contributed by atoms with Crippen LogP contribution in [0.2, 0.25) is 0 Å². The zero-order valence-corrected chi connectivity index (χ0v) is 15.0. The quantitative estimate of drug-likeness (QED) is 0.537. The minimum absolute atomic E-state index is 0.00748. The Bertz CT molecular complexity index is 853. The van der Waals surface area contributed by atoms with Crippen molar-refractivity contribution >= 4 is 11.8 Å². The molecule has 0 amide bonds. The summed E-state index contributed by atoms with van der Waals surface area (Å²) >= 11 is 1.48. The first-order valence-electron chi connectivity index (χ1n) is 7.84. The van der Waals surface area contributed by atoms with E-state index in [1.165, 1.54) is 24.9 Å². The van der Waals surface area contributed by atoms with Crippen molar-refractivity contribution in [3.8, 4) is 23.1 Å². The van der Waals surface area contributed by atoms with Crippen LogP contribution in [0.25, 0.3) is 11.6 Å². The van der Waals surface area contributed by atoms with Crippen LogP contribution < -0.4 is 9.47 Å². The van der Waals surface area contributed by atoms with Gasteiger partial charge in [0, 0.05) is 12.3 Å². The van der Waals surface area contributed by atoms with Gasteiger partial charge in [-0.15, -0.1) is 10.2 Å². The standard InChI is InChI=1S/C17H17F2N3O3S/c1-3-22-15(13-5-4-8-24-13)20-21-17(22)26-10-11-6-7-12(25-16(18)19)14(9-11)23-2/h4-9,16H,3,10H2,1-2H3. The van der Waals surface area contributed by atoms with Crippen LogP contribution in [-0.4, -0.2) is 28.5 Å². The Morgan fingerprint density at radius 2 is 2.08 bits per heavy atom. The second kappa shape index (κ2) is 8.22. The van der Waals surface area contributed by atoms with Gasteiger partial charge in [-0.05, 0) is 36.8 Å². The lowest BCUT2D eigenvalue weighted by Crippen LogP contribution is -2.03. The monoisotopic (exact) mass is 381 g/mol. The maximum atomic E-state index is 12.4. The third kappa shape index (κ3) is 3.98. The summed E-state index contributed by atoms with van der Waals surface area (Å²) in [4.78, 5) is 0. The van der Waals surface area contributed by atoms with Crippen LogP contribution in [0, 0.1) is 0 Å². The molecule has 1 aromatic carbocycles. The van der Waals surface area contributed by atoms with Crippen molar-refractivity contribution in [2.45, 2.75) is 31.0 Å². The van der Waals surface area contributed by atoms with Crippen LogP contribution in [0.1, 0.15) is 12.5 Å². The molecular weight excluding hydrogens is 364 g/mol. The number of benzene rings is 1. The molecule has 0 aliphatic heterocycles. The van der Waals surface area contributed by atoms with Gasteiger partial charge in [0.1, 0.15) is 0 Å². The molecule has 0 fully saturated rings. The second-order valence-corrected chi connectivity index (χ2v) is 6.12. The van der Waals surface area contributed by atoms with E-state index in [4.69, 9.17) is 9.15 Å². The highest BCUT2D eigenvalue weighted by Gasteiger charge is 2.16. The summed E-state index contributed by atoms with van der Waals surface area (Å²) in [5.41, 5.74) is 0.888. The lowest BCUT2D eigenvalue weighted by atomic mass is 10.2. The lowest BCUT2D eigenvalue weighted by molar-refractivity contribution is -0.0512. The third-order valence-electron chi connectivity index (χ3n) is 3.59. The SMILES string of the molecule is CCn1c(SCc2ccc(OC(F)F)c(OC)c2)nnc1-c1ccco1. The van der Waals surface area contributed by atoms with Gasteiger partial charge in [-0.3, -0.25) is 4.57 Å². The molecule has 6 nitrogen and oxygen atoms in total. The van der Waals surface area contributed by atoms with E-state index in [1.54, 1.807) is 24.5 Å². The Kier molecular flexibility index (Phi) is 5.77. The van der Waals surface area contributed by atoms with Crippen molar-refractivity contribution in [1.82, 2.24) is 14.8 Å². The Morgan fingerprint density at radius 3 is 2.73 bits per heavy atom. The molecule has 0 spiro atoms. The number of furan rings is 1. The molecule has 0 unspecified atom stereocenters. The van der Waals surface area contributed by atoms with E-state index in [0.29, 0.717) is 23.9 Å². The van der Waals surface area contributed by atoms with E-state index in [0.717, 1.165) is 10.7 Å². The highest BCUT2D eigenvalue weighted by molar-refractivity contribution is 7.98. The van der Waals surface area contributed by atoms with Crippen LogP contribution in [0.15, 0.2) is 46.2 Å². The molecule has 3 aromatic rings. The summed E-state index contributed by atoms with van der Waals surface area (Å²) in [6.07, 6.45) is 1.59. The van der Waals surface area contributed by atoms with Crippen LogP contribution in [-0.2, 0) is 12.3 Å². The fourth-order valence-corrected chi connectivity index (χ4v) is 3.36. The molecule has 0 saturated heterocycles. The van der Waals surface area contributed by atoms with E-state index in [1.807, 2.05) is 17.6 Å². The van der Waals surface area contributed by atoms with E-state index in [2.05, 4.69) is 14.9 Å². The van der Waals surface area contributed by atoms with Crippen LogP contribution in [0.4, 0.5) is 8.78 Å². The van der Waals surface area contributed by atoms with Gasteiger partial charge in [0.2, 0.25) is 0 Å². The van der Waals surface area contributed by atoms with Crippen molar-refractivity contribution in [2.24, 2.45) is 0 Å². The first kappa shape index (κ1) is 18.2. The number of hydrogen-bond donors (Lipinski definition) is 0. The highest BCUT2D eigenvalue weighted by atomic mass is 32.2. The first-order chi connectivity index (χ1) is 12.6. The average molecular weight is 381 g/mol. The molecule has 138 valence electrons. The maximum absolute atomic E-state index is 12.4. The lowest BCUT2D eigenvalue weighted by Gasteiger charge is -2.11. The average Bonchev–Trinajstić information content (AvgIpc) is 3.29. The summed E-state index contributed by atoms with van der Waals surface area (Å²) in [7, 11) is 1.41. The summed E-state index contributed by atoms with van der Waals surface area (Å²) in [5, 5.41) is 9.15. The van der Waals surface area contributed by atoms with Crippen LogP contribution in [0.5, 0.6) is 11.5 Å².